The third kappa shape index (κ3) is 5.55. The average molecular weight is 437 g/mol. The van der Waals surface area contributed by atoms with Crippen LogP contribution in [0.3, 0.4) is 0 Å². The number of ether oxygens (including phenoxy) is 1. The van der Waals surface area contributed by atoms with Crippen molar-refractivity contribution in [2.75, 3.05) is 7.11 Å². The molecule has 1 amide bonds. The predicted octanol–water partition coefficient (Wildman–Crippen LogP) is 3.28. The van der Waals surface area contributed by atoms with Crippen LogP contribution in [-0.2, 0) is 16.0 Å². The molecule has 2 aromatic heterocycles. The van der Waals surface area contributed by atoms with Gasteiger partial charge < -0.3 is 15.8 Å². The maximum Gasteiger partial charge on any atom is 0.311 e. The summed E-state index contributed by atoms with van der Waals surface area (Å²) in [6.45, 7) is 5.54. The van der Waals surface area contributed by atoms with E-state index in [4.69, 9.17) is 10.5 Å². The van der Waals surface area contributed by atoms with E-state index in [0.717, 1.165) is 16.7 Å². The largest absolute Gasteiger partial charge is 0.469 e. The zero-order valence-corrected chi connectivity index (χ0v) is 18.2. The highest BCUT2D eigenvalue weighted by atomic mass is 32.1. The fourth-order valence-electron chi connectivity index (χ4n) is 3.15. The number of esters is 1. The molecule has 2 heterocycles. The van der Waals surface area contributed by atoms with E-state index in [1.165, 1.54) is 24.6 Å². The Hall–Kier alpha value is -3.52. The summed E-state index contributed by atoms with van der Waals surface area (Å²) in [4.78, 5) is 34.1. The van der Waals surface area contributed by atoms with Gasteiger partial charge in [0.2, 0.25) is 0 Å². The Morgan fingerprint density at radius 3 is 2.74 bits per heavy atom. The molecule has 3 N–H and O–H groups in total. The number of hydrogen-bond donors (Lipinski definition) is 2. The fourth-order valence-corrected chi connectivity index (χ4v) is 3.96. The van der Waals surface area contributed by atoms with Crippen LogP contribution in [-0.4, -0.2) is 35.0 Å². The number of carbonyl (C=O) groups is 2. The van der Waals surface area contributed by atoms with E-state index in [1.807, 2.05) is 36.4 Å². The van der Waals surface area contributed by atoms with E-state index in [9.17, 15) is 9.59 Å². The van der Waals surface area contributed by atoms with E-state index in [0.29, 0.717) is 22.0 Å². The van der Waals surface area contributed by atoms with Gasteiger partial charge in [-0.1, -0.05) is 24.8 Å². The maximum atomic E-state index is 12.8. The van der Waals surface area contributed by atoms with Crippen molar-refractivity contribution in [3.8, 4) is 10.6 Å². The third-order valence-corrected chi connectivity index (χ3v) is 5.90. The lowest BCUT2D eigenvalue weighted by Crippen LogP contribution is -2.42. The summed E-state index contributed by atoms with van der Waals surface area (Å²) in [6, 6.07) is 10.7. The average Bonchev–Trinajstić information content (AvgIpc) is 3.28. The molecule has 3 aromatic rings. The highest BCUT2D eigenvalue weighted by Gasteiger charge is 2.28. The van der Waals surface area contributed by atoms with Gasteiger partial charge in [-0.2, -0.15) is 0 Å². The number of hydrogen-bond acceptors (Lipinski definition) is 7. The molecule has 0 spiro atoms. The Kier molecular flexibility index (Phi) is 7.15. The van der Waals surface area contributed by atoms with Gasteiger partial charge in [0.1, 0.15) is 9.88 Å². The first-order valence-corrected chi connectivity index (χ1v) is 10.5. The summed E-state index contributed by atoms with van der Waals surface area (Å²) < 4.78 is 4.98. The Morgan fingerprint density at radius 1 is 1.26 bits per heavy atom. The minimum Gasteiger partial charge on any atom is -0.469 e. The number of methoxy groups -OCH3 is 1. The van der Waals surface area contributed by atoms with Gasteiger partial charge in [-0.05, 0) is 42.7 Å². The highest BCUT2D eigenvalue weighted by molar-refractivity contribution is 7.16. The van der Waals surface area contributed by atoms with Crippen LogP contribution in [0.15, 0.2) is 61.6 Å². The summed E-state index contributed by atoms with van der Waals surface area (Å²) in [7, 11) is 1.34. The Balaban J connectivity index is 1.73. The molecule has 2 unspecified atom stereocenters. The Morgan fingerprint density at radius 2 is 2.06 bits per heavy atom. The van der Waals surface area contributed by atoms with Crippen molar-refractivity contribution in [1.29, 1.82) is 0 Å². The molecule has 0 aliphatic carbocycles. The lowest BCUT2D eigenvalue weighted by molar-refractivity contribution is -0.146. The molecule has 0 bridgehead atoms. The predicted molar refractivity (Wildman–Crippen MR) is 121 cm³/mol. The molecule has 3 rings (SSSR count). The van der Waals surface area contributed by atoms with Gasteiger partial charge >= 0.3 is 5.97 Å². The number of carbonyl (C=O) groups excluding carboxylic acids is 2. The molecular formula is C23H24N4O3S. The molecule has 31 heavy (non-hydrogen) atoms. The van der Waals surface area contributed by atoms with Crippen LogP contribution in [0.2, 0.25) is 0 Å². The van der Waals surface area contributed by atoms with Crippen molar-refractivity contribution in [3.63, 3.8) is 0 Å². The first-order valence-electron chi connectivity index (χ1n) is 9.67. The van der Waals surface area contributed by atoms with Crippen LogP contribution < -0.4 is 11.1 Å². The second kappa shape index (κ2) is 9.99. The topological polar surface area (TPSA) is 107 Å². The van der Waals surface area contributed by atoms with Gasteiger partial charge in [-0.3, -0.25) is 14.6 Å². The Bertz CT molecular complexity index is 1080. The minimum atomic E-state index is -0.569. The summed E-state index contributed by atoms with van der Waals surface area (Å²) >= 11 is 1.27. The summed E-state index contributed by atoms with van der Waals surface area (Å²) in [5, 5.41) is 3.61. The molecule has 0 aliphatic heterocycles. The third-order valence-electron chi connectivity index (χ3n) is 4.86. The highest BCUT2D eigenvalue weighted by Crippen LogP contribution is 2.25. The standard InChI is InChI=1S/C23H24N4O3S/c1-14(24)17-7-4-6-16(10-17)11-19(23(29)30-3)15(2)27-21(28)20-13-26-22(31-20)18-8-5-9-25-12-18/h4-10,12-13,15,19H,1,11,24H2,2-3H3,(H,27,28). The second-order valence-corrected chi connectivity index (χ2v) is 8.12. The Labute approximate surface area is 185 Å². The quantitative estimate of drug-likeness (QED) is 0.525. The number of amides is 1. The van der Waals surface area contributed by atoms with E-state index in [-0.39, 0.29) is 5.91 Å². The van der Waals surface area contributed by atoms with Gasteiger partial charge in [0.25, 0.3) is 5.91 Å². The number of rotatable bonds is 8. The molecule has 0 fully saturated rings. The van der Waals surface area contributed by atoms with Gasteiger partial charge in [0.05, 0.1) is 19.2 Å². The maximum absolute atomic E-state index is 12.8. The molecule has 8 heteroatoms. The summed E-state index contributed by atoms with van der Waals surface area (Å²) in [6.07, 6.45) is 5.29. The number of thiazole rings is 1. The molecule has 7 nitrogen and oxygen atoms in total. The normalized spacial score (nSPS) is 12.6. The van der Waals surface area contributed by atoms with Crippen molar-refractivity contribution >= 4 is 28.9 Å². The number of aromatic nitrogens is 2. The van der Waals surface area contributed by atoms with Gasteiger partial charge in [-0.25, -0.2) is 4.98 Å². The lowest BCUT2D eigenvalue weighted by atomic mass is 9.92. The van der Waals surface area contributed by atoms with Crippen molar-refractivity contribution in [3.05, 3.63) is 77.6 Å². The van der Waals surface area contributed by atoms with Crippen LogP contribution in [0, 0.1) is 5.92 Å². The van der Waals surface area contributed by atoms with Gasteiger partial charge in [0.15, 0.2) is 0 Å². The zero-order chi connectivity index (χ0) is 22.4. The van der Waals surface area contributed by atoms with Gasteiger partial charge in [-0.15, -0.1) is 11.3 Å². The van der Waals surface area contributed by atoms with E-state index >= 15 is 0 Å². The first kappa shape index (κ1) is 22.2. The summed E-state index contributed by atoms with van der Waals surface area (Å²) in [5.41, 5.74) is 8.77. The number of nitrogens with one attached hydrogen (secondary N) is 1. The SMILES string of the molecule is C=C(N)c1cccc(CC(C(=O)OC)C(C)NC(=O)c2cnc(-c3cccnc3)s2)c1. The monoisotopic (exact) mass is 436 g/mol. The summed E-state index contributed by atoms with van der Waals surface area (Å²) in [5.74, 6) is -1.26. The van der Waals surface area contributed by atoms with E-state index in [1.54, 1.807) is 19.3 Å². The lowest BCUT2D eigenvalue weighted by Gasteiger charge is -2.23. The number of pyridine rings is 1. The first-order chi connectivity index (χ1) is 14.9. The molecule has 0 aliphatic rings. The molecule has 0 saturated heterocycles. The van der Waals surface area contributed by atoms with Crippen LogP contribution >= 0.6 is 11.3 Å². The number of nitrogens with zero attached hydrogens (tertiary/aromatic N) is 2. The van der Waals surface area contributed by atoms with E-state index in [2.05, 4.69) is 21.9 Å². The van der Waals surface area contributed by atoms with Gasteiger partial charge in [0, 0.05) is 29.7 Å². The molecule has 0 saturated carbocycles. The fraction of sp³-hybridized carbons (Fsp3) is 0.217. The zero-order valence-electron chi connectivity index (χ0n) is 17.4. The molecular weight excluding hydrogens is 412 g/mol. The molecule has 160 valence electrons. The smallest absolute Gasteiger partial charge is 0.311 e. The molecule has 1 aromatic carbocycles. The number of benzene rings is 1. The minimum absolute atomic E-state index is 0.293. The van der Waals surface area contributed by atoms with Crippen molar-refractivity contribution < 1.29 is 14.3 Å². The molecule has 2 atom stereocenters. The second-order valence-electron chi connectivity index (χ2n) is 7.09. The van der Waals surface area contributed by atoms with Crippen molar-refractivity contribution in [2.24, 2.45) is 11.7 Å². The van der Waals surface area contributed by atoms with E-state index < -0.39 is 17.9 Å². The van der Waals surface area contributed by atoms with Crippen molar-refractivity contribution in [1.82, 2.24) is 15.3 Å². The van der Waals surface area contributed by atoms with Crippen LogP contribution in [0.5, 0.6) is 0 Å². The number of nitrogens with two attached hydrogens (primary N) is 1. The van der Waals surface area contributed by atoms with Crippen LogP contribution in [0.4, 0.5) is 0 Å². The van der Waals surface area contributed by atoms with Crippen molar-refractivity contribution in [2.45, 2.75) is 19.4 Å². The van der Waals surface area contributed by atoms with Crippen LogP contribution in [0.25, 0.3) is 16.3 Å². The molecule has 0 radical (unpaired) electrons. The van der Waals surface area contributed by atoms with Crippen LogP contribution in [0.1, 0.15) is 27.7 Å².